The van der Waals surface area contributed by atoms with Gasteiger partial charge in [-0.15, -0.1) is 0 Å². The lowest BCUT2D eigenvalue weighted by Crippen LogP contribution is -2.27. The summed E-state index contributed by atoms with van der Waals surface area (Å²) in [5.41, 5.74) is 2.59. The Morgan fingerprint density at radius 3 is 2.85 bits per heavy atom. The van der Waals surface area contributed by atoms with Crippen molar-refractivity contribution in [3.05, 3.63) is 65.6 Å². The number of hydrogen-bond donors (Lipinski definition) is 0. The van der Waals surface area contributed by atoms with Crippen LogP contribution in [0.2, 0.25) is 0 Å². The van der Waals surface area contributed by atoms with E-state index in [0.717, 1.165) is 31.0 Å². The average Bonchev–Trinajstić information content (AvgIpc) is 3.45. The first kappa shape index (κ1) is 16.7. The summed E-state index contributed by atoms with van der Waals surface area (Å²) in [5, 5.41) is 8.59. The van der Waals surface area contributed by atoms with Gasteiger partial charge in [0.25, 0.3) is 0 Å². The third-order valence-corrected chi connectivity index (χ3v) is 6.20. The van der Waals surface area contributed by atoms with Crippen molar-refractivity contribution in [2.75, 3.05) is 6.54 Å². The van der Waals surface area contributed by atoms with Crippen molar-refractivity contribution >= 4 is 0 Å². The summed E-state index contributed by atoms with van der Waals surface area (Å²) in [6.45, 7) is 1.17. The molecule has 2 aromatic heterocycles. The summed E-state index contributed by atoms with van der Waals surface area (Å²) >= 11 is 0. The van der Waals surface area contributed by atoms with Crippen LogP contribution in [-0.2, 0) is 19.9 Å². The molecule has 0 N–H and O–H groups in total. The maximum atomic E-state index is 5.60. The molecule has 3 aromatic rings. The lowest BCUT2D eigenvalue weighted by molar-refractivity contribution is 0.243. The Hall–Kier alpha value is -2.47. The number of rotatable bonds is 5. The van der Waals surface area contributed by atoms with E-state index in [9.17, 15) is 0 Å². The Morgan fingerprint density at radius 1 is 1.15 bits per heavy atom. The minimum absolute atomic E-state index is 0.368. The zero-order valence-corrected chi connectivity index (χ0v) is 15.7. The van der Waals surface area contributed by atoms with Crippen molar-refractivity contribution in [1.29, 1.82) is 0 Å². The SMILES string of the molecule is Cn1nccc1CCc1nc([C@H]2C[C@@H](c3ccccc3)N3CCC[C@H]23)no1. The van der Waals surface area contributed by atoms with Gasteiger partial charge in [-0.3, -0.25) is 9.58 Å². The van der Waals surface area contributed by atoms with Crippen LogP contribution < -0.4 is 0 Å². The number of hydrogen-bond acceptors (Lipinski definition) is 5. The van der Waals surface area contributed by atoms with Gasteiger partial charge in [-0.25, -0.2) is 0 Å². The minimum atomic E-state index is 0.368. The molecule has 6 nitrogen and oxygen atoms in total. The molecule has 0 saturated carbocycles. The van der Waals surface area contributed by atoms with Gasteiger partial charge >= 0.3 is 0 Å². The highest BCUT2D eigenvalue weighted by Gasteiger charge is 2.46. The molecule has 3 atom stereocenters. The van der Waals surface area contributed by atoms with Crippen molar-refractivity contribution in [3.63, 3.8) is 0 Å². The van der Waals surface area contributed by atoms with Crippen molar-refractivity contribution in [1.82, 2.24) is 24.8 Å². The van der Waals surface area contributed by atoms with E-state index in [1.54, 1.807) is 0 Å². The first-order valence-corrected chi connectivity index (χ1v) is 9.89. The van der Waals surface area contributed by atoms with Crippen LogP contribution in [0.25, 0.3) is 0 Å². The second-order valence-corrected chi connectivity index (χ2v) is 7.71. The van der Waals surface area contributed by atoms with E-state index in [2.05, 4.69) is 45.5 Å². The largest absolute Gasteiger partial charge is 0.339 e. The third-order valence-electron chi connectivity index (χ3n) is 6.20. The first-order valence-electron chi connectivity index (χ1n) is 9.89. The lowest BCUT2D eigenvalue weighted by Gasteiger charge is -2.24. The van der Waals surface area contributed by atoms with E-state index < -0.39 is 0 Å². The molecular formula is C21H25N5O. The maximum absolute atomic E-state index is 5.60. The van der Waals surface area contributed by atoms with Crippen LogP contribution in [0.5, 0.6) is 0 Å². The number of aromatic nitrogens is 4. The Bertz CT molecular complexity index is 902. The van der Waals surface area contributed by atoms with E-state index in [0.29, 0.717) is 18.0 Å². The summed E-state index contributed by atoms with van der Waals surface area (Å²) in [6, 6.07) is 13.9. The predicted molar refractivity (Wildman–Crippen MR) is 101 cm³/mol. The van der Waals surface area contributed by atoms with Crippen molar-refractivity contribution in [2.45, 2.75) is 50.1 Å². The molecule has 0 amide bonds. The lowest BCUT2D eigenvalue weighted by atomic mass is 9.94. The molecule has 2 aliphatic rings. The number of nitrogens with zero attached hydrogens (tertiary/aromatic N) is 5. The van der Waals surface area contributed by atoms with Gasteiger partial charge in [-0.2, -0.15) is 10.1 Å². The van der Waals surface area contributed by atoms with Gasteiger partial charge in [0.15, 0.2) is 5.82 Å². The molecule has 27 heavy (non-hydrogen) atoms. The Morgan fingerprint density at radius 2 is 2.04 bits per heavy atom. The molecular weight excluding hydrogens is 338 g/mol. The summed E-state index contributed by atoms with van der Waals surface area (Å²) < 4.78 is 7.49. The summed E-state index contributed by atoms with van der Waals surface area (Å²) in [4.78, 5) is 7.43. The summed E-state index contributed by atoms with van der Waals surface area (Å²) in [6.07, 6.45) is 7.02. The molecule has 0 aliphatic carbocycles. The minimum Gasteiger partial charge on any atom is -0.339 e. The number of fused-ring (bicyclic) bond motifs is 1. The molecule has 2 aliphatic heterocycles. The zero-order chi connectivity index (χ0) is 18.2. The molecule has 0 bridgehead atoms. The van der Waals surface area contributed by atoms with Gasteiger partial charge in [-0.1, -0.05) is 35.5 Å². The molecule has 2 fully saturated rings. The molecule has 0 spiro atoms. The van der Waals surface area contributed by atoms with Gasteiger partial charge < -0.3 is 4.52 Å². The van der Waals surface area contributed by atoms with Crippen molar-refractivity contribution in [2.24, 2.45) is 7.05 Å². The van der Waals surface area contributed by atoms with E-state index in [1.807, 2.05) is 24.0 Å². The van der Waals surface area contributed by atoms with E-state index in [-0.39, 0.29) is 0 Å². The molecule has 4 heterocycles. The highest BCUT2D eigenvalue weighted by molar-refractivity contribution is 5.24. The summed E-state index contributed by atoms with van der Waals surface area (Å²) in [7, 11) is 1.96. The molecule has 1 aromatic carbocycles. The molecule has 2 saturated heterocycles. The standard InChI is InChI=1S/C21H25N5O/c1-25-16(11-12-22-25)9-10-20-23-21(24-27-20)17-14-19(15-6-3-2-4-7-15)26-13-5-8-18(17)26/h2-4,6-7,11-12,17-19H,5,8-10,13-14H2,1H3/t17-,18+,19-/m0/s1. The van der Waals surface area contributed by atoms with Crippen LogP contribution >= 0.6 is 0 Å². The Labute approximate surface area is 159 Å². The van der Waals surface area contributed by atoms with E-state index in [4.69, 9.17) is 9.51 Å². The van der Waals surface area contributed by atoms with Crippen LogP contribution in [0.3, 0.4) is 0 Å². The first-order chi connectivity index (χ1) is 13.3. The van der Waals surface area contributed by atoms with Crippen molar-refractivity contribution < 1.29 is 4.52 Å². The number of benzene rings is 1. The maximum Gasteiger partial charge on any atom is 0.227 e. The van der Waals surface area contributed by atoms with Gasteiger partial charge in [0.1, 0.15) is 0 Å². The average molecular weight is 363 g/mol. The van der Waals surface area contributed by atoms with Crippen LogP contribution in [0, 0.1) is 0 Å². The van der Waals surface area contributed by atoms with Crippen LogP contribution in [-0.4, -0.2) is 37.4 Å². The monoisotopic (exact) mass is 363 g/mol. The second-order valence-electron chi connectivity index (χ2n) is 7.71. The van der Waals surface area contributed by atoms with Crippen LogP contribution in [0.1, 0.15) is 54.2 Å². The Balaban J connectivity index is 1.33. The quantitative estimate of drug-likeness (QED) is 0.696. The fraction of sp³-hybridized carbons (Fsp3) is 0.476. The summed E-state index contributed by atoms with van der Waals surface area (Å²) in [5.74, 6) is 2.00. The van der Waals surface area contributed by atoms with Gasteiger partial charge in [0, 0.05) is 43.4 Å². The van der Waals surface area contributed by atoms with Gasteiger partial charge in [0.2, 0.25) is 5.89 Å². The molecule has 140 valence electrons. The molecule has 6 heteroatoms. The van der Waals surface area contributed by atoms with E-state index >= 15 is 0 Å². The zero-order valence-electron chi connectivity index (χ0n) is 15.7. The number of aryl methyl sites for hydroxylation is 3. The highest BCUT2D eigenvalue weighted by atomic mass is 16.5. The fourth-order valence-corrected chi connectivity index (χ4v) is 4.85. The molecule has 5 rings (SSSR count). The smallest absolute Gasteiger partial charge is 0.227 e. The molecule has 0 radical (unpaired) electrons. The highest BCUT2D eigenvalue weighted by Crippen LogP contribution is 2.48. The van der Waals surface area contributed by atoms with E-state index in [1.165, 1.54) is 30.6 Å². The van der Waals surface area contributed by atoms with Crippen LogP contribution in [0.4, 0.5) is 0 Å². The normalized spacial score (nSPS) is 25.1. The third kappa shape index (κ3) is 3.08. The second kappa shape index (κ2) is 6.93. The topological polar surface area (TPSA) is 60.0 Å². The van der Waals surface area contributed by atoms with Gasteiger partial charge in [0.05, 0.1) is 0 Å². The van der Waals surface area contributed by atoms with Crippen molar-refractivity contribution in [3.8, 4) is 0 Å². The molecule has 0 unspecified atom stereocenters. The Kier molecular flexibility index (Phi) is 4.28. The fourth-order valence-electron chi connectivity index (χ4n) is 4.85. The predicted octanol–water partition coefficient (Wildman–Crippen LogP) is 3.28. The van der Waals surface area contributed by atoms with Gasteiger partial charge in [-0.05, 0) is 43.9 Å². The van der Waals surface area contributed by atoms with Crippen LogP contribution in [0.15, 0.2) is 47.1 Å².